The quantitative estimate of drug-likeness (QED) is 0.630. The Hall–Kier alpha value is -2.86. The van der Waals surface area contributed by atoms with Gasteiger partial charge in [-0.2, -0.15) is 0 Å². The van der Waals surface area contributed by atoms with Crippen LogP contribution >= 0.6 is 0 Å². The molecule has 1 aliphatic rings. The van der Waals surface area contributed by atoms with Crippen LogP contribution in [0, 0.1) is 5.92 Å². The summed E-state index contributed by atoms with van der Waals surface area (Å²) >= 11 is 0. The van der Waals surface area contributed by atoms with Gasteiger partial charge in [0, 0.05) is 19.6 Å². The van der Waals surface area contributed by atoms with Crippen LogP contribution in [0.2, 0.25) is 0 Å². The third kappa shape index (κ3) is 7.68. The average Bonchev–Trinajstić information content (AvgIpc) is 2.78. The van der Waals surface area contributed by atoms with Gasteiger partial charge in [-0.05, 0) is 69.3 Å². The van der Waals surface area contributed by atoms with Crippen LogP contribution < -0.4 is 5.32 Å². The number of ether oxygens (including phenoxy) is 2. The molecule has 1 heterocycles. The second kappa shape index (κ2) is 11.1. The molecule has 6 heteroatoms. The number of hydrogen-bond donors (Lipinski definition) is 1. The molecule has 0 atom stereocenters. The van der Waals surface area contributed by atoms with Gasteiger partial charge in [-0.15, -0.1) is 0 Å². The maximum Gasteiger partial charge on any atom is 0.410 e. The molecule has 0 bridgehead atoms. The number of esters is 1. The number of likely N-dealkylation sites (tertiary alicyclic amines) is 1. The maximum atomic E-state index is 12.2. The summed E-state index contributed by atoms with van der Waals surface area (Å²) in [6.07, 6.45) is 1.72. The van der Waals surface area contributed by atoms with E-state index in [4.69, 9.17) is 9.47 Å². The first kappa shape index (κ1) is 23.8. The molecule has 3 rings (SSSR count). The fourth-order valence-corrected chi connectivity index (χ4v) is 3.63. The molecule has 0 spiro atoms. The molecule has 0 radical (unpaired) electrons. The molecule has 32 heavy (non-hydrogen) atoms. The van der Waals surface area contributed by atoms with Gasteiger partial charge in [0.1, 0.15) is 12.2 Å². The van der Waals surface area contributed by atoms with Crippen molar-refractivity contribution in [2.24, 2.45) is 5.92 Å². The minimum atomic E-state index is -0.455. The highest BCUT2D eigenvalue weighted by molar-refractivity contribution is 5.89. The first-order valence-corrected chi connectivity index (χ1v) is 11.3. The lowest BCUT2D eigenvalue weighted by molar-refractivity contribution is 0.0184. The number of piperidine rings is 1. The molecule has 0 aromatic heterocycles. The van der Waals surface area contributed by atoms with Gasteiger partial charge in [0.25, 0.3) is 0 Å². The van der Waals surface area contributed by atoms with E-state index in [1.165, 1.54) is 0 Å². The van der Waals surface area contributed by atoms with Gasteiger partial charge in [-0.25, -0.2) is 9.59 Å². The van der Waals surface area contributed by atoms with Crippen molar-refractivity contribution in [2.45, 2.75) is 52.4 Å². The number of carbonyl (C=O) groups excluding carboxylic acids is 2. The zero-order valence-electron chi connectivity index (χ0n) is 19.3. The summed E-state index contributed by atoms with van der Waals surface area (Å²) in [4.78, 5) is 26.2. The number of rotatable bonds is 7. The Bertz CT molecular complexity index is 867. The van der Waals surface area contributed by atoms with Crippen molar-refractivity contribution in [1.82, 2.24) is 10.2 Å². The Morgan fingerprint density at radius 1 is 0.969 bits per heavy atom. The van der Waals surface area contributed by atoms with E-state index in [1.807, 2.05) is 75.4 Å². The van der Waals surface area contributed by atoms with E-state index < -0.39 is 5.60 Å². The number of nitrogens with zero attached hydrogens (tertiary/aromatic N) is 1. The standard InChI is InChI=1S/C26H34N2O4/c1-26(2,3)32-25(30)28-15-13-21(14-16-28)18-27-17-20-9-11-23(12-10-20)24(29)31-19-22-7-5-4-6-8-22/h4-12,21,27H,13-19H2,1-3H3. The van der Waals surface area contributed by atoms with E-state index in [0.29, 0.717) is 11.5 Å². The van der Waals surface area contributed by atoms with Gasteiger partial charge in [0.05, 0.1) is 5.56 Å². The largest absolute Gasteiger partial charge is 0.457 e. The van der Waals surface area contributed by atoms with Crippen LogP contribution in [-0.4, -0.2) is 42.2 Å². The van der Waals surface area contributed by atoms with E-state index >= 15 is 0 Å². The summed E-state index contributed by atoms with van der Waals surface area (Å²) in [5, 5.41) is 3.50. The van der Waals surface area contributed by atoms with Gasteiger partial charge >= 0.3 is 12.1 Å². The Balaban J connectivity index is 1.35. The van der Waals surface area contributed by atoms with Crippen molar-refractivity contribution in [3.63, 3.8) is 0 Å². The van der Waals surface area contributed by atoms with Crippen molar-refractivity contribution < 1.29 is 19.1 Å². The second-order valence-electron chi connectivity index (χ2n) is 9.30. The van der Waals surface area contributed by atoms with Crippen molar-refractivity contribution in [2.75, 3.05) is 19.6 Å². The third-order valence-electron chi connectivity index (χ3n) is 5.43. The highest BCUT2D eigenvalue weighted by atomic mass is 16.6. The minimum absolute atomic E-state index is 0.216. The first-order chi connectivity index (χ1) is 15.3. The van der Waals surface area contributed by atoms with Crippen LogP contribution in [0.25, 0.3) is 0 Å². The van der Waals surface area contributed by atoms with Gasteiger partial charge in [-0.3, -0.25) is 0 Å². The van der Waals surface area contributed by atoms with Crippen LogP contribution in [-0.2, 0) is 22.6 Å². The molecule has 172 valence electrons. The van der Waals surface area contributed by atoms with Crippen molar-refractivity contribution in [1.29, 1.82) is 0 Å². The van der Waals surface area contributed by atoms with Crippen LogP contribution in [0.4, 0.5) is 4.79 Å². The Morgan fingerprint density at radius 2 is 1.62 bits per heavy atom. The third-order valence-corrected chi connectivity index (χ3v) is 5.43. The fraction of sp³-hybridized carbons (Fsp3) is 0.462. The monoisotopic (exact) mass is 438 g/mol. The molecule has 1 saturated heterocycles. The van der Waals surface area contributed by atoms with Gasteiger partial charge in [-0.1, -0.05) is 42.5 Å². The van der Waals surface area contributed by atoms with Crippen LogP contribution in [0.3, 0.4) is 0 Å². The zero-order valence-corrected chi connectivity index (χ0v) is 19.3. The molecular formula is C26H34N2O4. The minimum Gasteiger partial charge on any atom is -0.457 e. The molecule has 1 N–H and O–H groups in total. The lowest BCUT2D eigenvalue weighted by Gasteiger charge is -2.33. The number of amides is 1. The lowest BCUT2D eigenvalue weighted by Crippen LogP contribution is -2.43. The fourth-order valence-electron chi connectivity index (χ4n) is 3.63. The van der Waals surface area contributed by atoms with Gasteiger partial charge in [0.15, 0.2) is 0 Å². The molecular weight excluding hydrogens is 404 g/mol. The second-order valence-corrected chi connectivity index (χ2v) is 9.30. The molecule has 1 aliphatic heterocycles. The smallest absolute Gasteiger partial charge is 0.410 e. The predicted molar refractivity (Wildman–Crippen MR) is 124 cm³/mol. The summed E-state index contributed by atoms with van der Waals surface area (Å²) in [5.41, 5.74) is 2.19. The zero-order chi connectivity index (χ0) is 23.0. The summed E-state index contributed by atoms with van der Waals surface area (Å²) in [6, 6.07) is 17.2. The molecule has 0 aliphatic carbocycles. The van der Waals surface area contributed by atoms with Gasteiger partial charge < -0.3 is 19.7 Å². The van der Waals surface area contributed by atoms with E-state index in [-0.39, 0.29) is 18.7 Å². The maximum absolute atomic E-state index is 12.2. The van der Waals surface area contributed by atoms with Crippen LogP contribution in [0.15, 0.2) is 54.6 Å². The summed E-state index contributed by atoms with van der Waals surface area (Å²) in [6.45, 7) is 9.07. The molecule has 1 amide bonds. The molecule has 0 unspecified atom stereocenters. The summed E-state index contributed by atoms with van der Waals surface area (Å²) in [7, 11) is 0. The number of nitrogens with one attached hydrogen (secondary N) is 1. The van der Waals surface area contributed by atoms with E-state index in [9.17, 15) is 9.59 Å². The Labute approximate surface area is 190 Å². The highest BCUT2D eigenvalue weighted by Gasteiger charge is 2.26. The Kier molecular flexibility index (Phi) is 8.28. The highest BCUT2D eigenvalue weighted by Crippen LogP contribution is 2.19. The molecule has 2 aromatic rings. The molecule has 0 saturated carbocycles. The topological polar surface area (TPSA) is 67.9 Å². The van der Waals surface area contributed by atoms with Crippen LogP contribution in [0.1, 0.15) is 55.1 Å². The number of hydrogen-bond acceptors (Lipinski definition) is 5. The molecule has 6 nitrogen and oxygen atoms in total. The predicted octanol–water partition coefficient (Wildman–Crippen LogP) is 4.78. The SMILES string of the molecule is CC(C)(C)OC(=O)N1CCC(CNCc2ccc(C(=O)OCc3ccccc3)cc2)CC1. The average molecular weight is 439 g/mol. The normalized spacial score (nSPS) is 14.8. The lowest BCUT2D eigenvalue weighted by atomic mass is 9.97. The first-order valence-electron chi connectivity index (χ1n) is 11.3. The van der Waals surface area contributed by atoms with Crippen molar-refractivity contribution in [3.05, 3.63) is 71.3 Å². The van der Waals surface area contributed by atoms with Crippen LogP contribution in [0.5, 0.6) is 0 Å². The summed E-state index contributed by atoms with van der Waals surface area (Å²) < 4.78 is 10.8. The number of carbonyl (C=O) groups is 2. The molecule has 1 fully saturated rings. The van der Waals surface area contributed by atoms with E-state index in [0.717, 1.165) is 50.1 Å². The number of benzene rings is 2. The molecule has 2 aromatic carbocycles. The van der Waals surface area contributed by atoms with Crippen molar-refractivity contribution >= 4 is 12.1 Å². The van der Waals surface area contributed by atoms with E-state index in [2.05, 4.69) is 5.32 Å². The van der Waals surface area contributed by atoms with Gasteiger partial charge in [0.2, 0.25) is 0 Å². The van der Waals surface area contributed by atoms with Crippen molar-refractivity contribution in [3.8, 4) is 0 Å². The van der Waals surface area contributed by atoms with E-state index in [1.54, 1.807) is 4.90 Å². The summed E-state index contributed by atoms with van der Waals surface area (Å²) in [5.74, 6) is 0.228. The Morgan fingerprint density at radius 3 is 2.25 bits per heavy atom.